The van der Waals surface area contributed by atoms with Gasteiger partial charge in [0.15, 0.2) is 11.6 Å². The molecule has 3 nitrogen and oxygen atoms in total. The topological polar surface area (TPSA) is 35.5 Å². The van der Waals surface area contributed by atoms with Crippen molar-refractivity contribution in [1.29, 1.82) is 0 Å². The Labute approximate surface area is 191 Å². The zero-order valence-electron chi connectivity index (χ0n) is 19.4. The maximum Gasteiger partial charge on any atom is 0.343 e. The first-order valence-corrected chi connectivity index (χ1v) is 12.0. The summed E-state index contributed by atoms with van der Waals surface area (Å²) in [7, 11) is 0. The summed E-state index contributed by atoms with van der Waals surface area (Å²) in [5.41, 5.74) is 0.565. The summed E-state index contributed by atoms with van der Waals surface area (Å²) in [6.45, 7) is 4.79. The van der Waals surface area contributed by atoms with Crippen LogP contribution in [0.25, 0.3) is 0 Å². The molecule has 2 aromatic carbocycles. The second-order valence-electron chi connectivity index (χ2n) is 8.19. The largest absolute Gasteiger partial charge is 0.494 e. The quantitative estimate of drug-likeness (QED) is 0.158. The molecule has 0 radical (unpaired) electrons. The normalized spacial score (nSPS) is 10.9. The molecule has 0 unspecified atom stereocenters. The van der Waals surface area contributed by atoms with Crippen LogP contribution >= 0.6 is 0 Å². The van der Waals surface area contributed by atoms with Crippen LogP contribution in [0.1, 0.15) is 94.0 Å². The Hall–Kier alpha value is -2.43. The van der Waals surface area contributed by atoms with E-state index in [1.54, 1.807) is 24.3 Å². The van der Waals surface area contributed by atoms with Gasteiger partial charge in [-0.3, -0.25) is 0 Å². The van der Waals surface area contributed by atoms with E-state index in [2.05, 4.69) is 6.92 Å². The number of hydrogen-bond donors (Lipinski definition) is 0. The molecule has 32 heavy (non-hydrogen) atoms. The number of hydrogen-bond acceptors (Lipinski definition) is 3. The van der Waals surface area contributed by atoms with Crippen molar-refractivity contribution in [2.45, 2.75) is 84.5 Å². The molecule has 0 amide bonds. The van der Waals surface area contributed by atoms with Crippen molar-refractivity contribution in [1.82, 2.24) is 0 Å². The number of benzene rings is 2. The molecule has 0 aliphatic rings. The Morgan fingerprint density at radius 3 is 2.00 bits per heavy atom. The van der Waals surface area contributed by atoms with E-state index >= 15 is 0 Å². The summed E-state index contributed by atoms with van der Waals surface area (Å²) >= 11 is 0. The predicted molar refractivity (Wildman–Crippen MR) is 124 cm³/mol. The third-order valence-corrected chi connectivity index (χ3v) is 5.44. The van der Waals surface area contributed by atoms with Crippen LogP contribution in [0.5, 0.6) is 11.5 Å². The average Bonchev–Trinajstić information content (AvgIpc) is 2.81. The molecule has 0 heterocycles. The zero-order valence-corrected chi connectivity index (χ0v) is 19.4. The second kappa shape index (κ2) is 14.6. The number of halogens is 2. The van der Waals surface area contributed by atoms with Gasteiger partial charge in [0.05, 0.1) is 12.2 Å². The molecule has 2 aromatic rings. The minimum absolute atomic E-state index is 0.243. The molecule has 0 bridgehead atoms. The lowest BCUT2D eigenvalue weighted by Crippen LogP contribution is -2.10. The molecular formula is C27H36F2O3. The van der Waals surface area contributed by atoms with Crippen LogP contribution in [0.15, 0.2) is 36.4 Å². The molecular weight excluding hydrogens is 410 g/mol. The summed E-state index contributed by atoms with van der Waals surface area (Å²) in [6, 6.07) is 9.22. The van der Waals surface area contributed by atoms with Crippen LogP contribution < -0.4 is 9.47 Å². The first-order chi connectivity index (χ1) is 15.6. The van der Waals surface area contributed by atoms with E-state index in [1.807, 2.05) is 6.92 Å². The lowest BCUT2D eigenvalue weighted by Gasteiger charge is -2.10. The first-order valence-electron chi connectivity index (χ1n) is 12.0. The van der Waals surface area contributed by atoms with E-state index < -0.39 is 23.4 Å². The lowest BCUT2D eigenvalue weighted by molar-refractivity contribution is 0.0726. The fourth-order valence-electron chi connectivity index (χ4n) is 3.54. The highest BCUT2D eigenvalue weighted by Gasteiger charge is 2.18. The van der Waals surface area contributed by atoms with E-state index in [0.29, 0.717) is 24.3 Å². The van der Waals surface area contributed by atoms with Crippen molar-refractivity contribution >= 4 is 5.97 Å². The fourth-order valence-corrected chi connectivity index (χ4v) is 3.54. The number of aryl methyl sites for hydroxylation is 1. The van der Waals surface area contributed by atoms with E-state index in [9.17, 15) is 13.6 Å². The molecule has 0 aliphatic heterocycles. The Morgan fingerprint density at radius 2 is 1.38 bits per heavy atom. The summed E-state index contributed by atoms with van der Waals surface area (Å²) in [5.74, 6) is -2.54. The third kappa shape index (κ3) is 8.60. The molecule has 0 saturated carbocycles. The predicted octanol–water partition coefficient (Wildman–Crippen LogP) is 8.05. The molecule has 2 rings (SSSR count). The molecule has 0 aliphatic carbocycles. The third-order valence-electron chi connectivity index (χ3n) is 5.44. The monoisotopic (exact) mass is 446 g/mol. The van der Waals surface area contributed by atoms with Crippen LogP contribution in [-0.2, 0) is 6.42 Å². The first kappa shape index (κ1) is 25.8. The van der Waals surface area contributed by atoms with Crippen molar-refractivity contribution in [3.05, 3.63) is 59.2 Å². The molecule has 5 heteroatoms. The Balaban J connectivity index is 1.81. The lowest BCUT2D eigenvalue weighted by atomic mass is 10.0. The highest BCUT2D eigenvalue weighted by atomic mass is 19.2. The number of carbonyl (C=O) groups is 1. The standard InChI is InChI=1S/C27H36F2O3/c1-3-5-6-7-8-9-10-11-12-13-21-16-19-24(26(29)25(21)28)32-27(30)22-14-17-23(18-15-22)31-20-4-2/h14-19H,3-13,20H2,1-2H3. The van der Waals surface area contributed by atoms with Gasteiger partial charge < -0.3 is 9.47 Å². The van der Waals surface area contributed by atoms with Gasteiger partial charge in [-0.2, -0.15) is 4.39 Å². The smallest absolute Gasteiger partial charge is 0.343 e. The van der Waals surface area contributed by atoms with Gasteiger partial charge in [0, 0.05) is 0 Å². The Kier molecular flexibility index (Phi) is 11.8. The zero-order chi connectivity index (χ0) is 23.2. The van der Waals surface area contributed by atoms with Crippen LogP contribution in [0.4, 0.5) is 8.78 Å². The van der Waals surface area contributed by atoms with Gasteiger partial charge in [0.2, 0.25) is 5.82 Å². The number of ether oxygens (including phenoxy) is 2. The average molecular weight is 447 g/mol. The van der Waals surface area contributed by atoms with E-state index in [-0.39, 0.29) is 5.56 Å². The molecule has 0 aromatic heterocycles. The van der Waals surface area contributed by atoms with Crippen LogP contribution in [0.3, 0.4) is 0 Å². The van der Waals surface area contributed by atoms with Gasteiger partial charge in [0.25, 0.3) is 0 Å². The summed E-state index contributed by atoms with van der Waals surface area (Å²) in [4.78, 5) is 12.3. The van der Waals surface area contributed by atoms with Crippen molar-refractivity contribution in [3.8, 4) is 11.5 Å². The molecule has 0 N–H and O–H groups in total. The molecule has 0 saturated heterocycles. The van der Waals surface area contributed by atoms with Crippen molar-refractivity contribution in [2.75, 3.05) is 6.61 Å². The van der Waals surface area contributed by atoms with Gasteiger partial charge >= 0.3 is 5.97 Å². The summed E-state index contributed by atoms with van der Waals surface area (Å²) in [6.07, 6.45) is 11.9. The van der Waals surface area contributed by atoms with Crippen LogP contribution in [-0.4, -0.2) is 12.6 Å². The highest BCUT2D eigenvalue weighted by Crippen LogP contribution is 2.25. The van der Waals surface area contributed by atoms with Gasteiger partial charge in [-0.15, -0.1) is 0 Å². The van der Waals surface area contributed by atoms with Gasteiger partial charge in [-0.1, -0.05) is 71.3 Å². The van der Waals surface area contributed by atoms with E-state index in [1.165, 1.54) is 50.7 Å². The summed E-state index contributed by atoms with van der Waals surface area (Å²) < 4.78 is 39.5. The second-order valence-corrected chi connectivity index (χ2v) is 8.19. The SMILES string of the molecule is CCCCCCCCCCCc1ccc(OC(=O)c2ccc(OCCC)cc2)c(F)c1F. The summed E-state index contributed by atoms with van der Waals surface area (Å²) in [5, 5.41) is 0. The maximum absolute atomic E-state index is 14.5. The minimum atomic E-state index is -1.12. The van der Waals surface area contributed by atoms with Gasteiger partial charge in [0.1, 0.15) is 5.75 Å². The van der Waals surface area contributed by atoms with Crippen molar-refractivity contribution in [3.63, 3.8) is 0 Å². The maximum atomic E-state index is 14.5. The van der Waals surface area contributed by atoms with Crippen LogP contribution in [0.2, 0.25) is 0 Å². The molecule has 0 spiro atoms. The van der Waals surface area contributed by atoms with Crippen molar-refractivity contribution < 1.29 is 23.0 Å². The van der Waals surface area contributed by atoms with Gasteiger partial charge in [-0.05, 0) is 55.2 Å². The Bertz CT molecular complexity index is 818. The van der Waals surface area contributed by atoms with E-state index in [4.69, 9.17) is 9.47 Å². The van der Waals surface area contributed by atoms with Crippen LogP contribution in [0, 0.1) is 11.6 Å². The minimum Gasteiger partial charge on any atom is -0.494 e. The highest BCUT2D eigenvalue weighted by molar-refractivity contribution is 5.91. The molecule has 176 valence electrons. The number of esters is 1. The number of rotatable bonds is 15. The van der Waals surface area contributed by atoms with Gasteiger partial charge in [-0.25, -0.2) is 9.18 Å². The number of unbranched alkanes of at least 4 members (excludes halogenated alkanes) is 8. The fraction of sp³-hybridized carbons (Fsp3) is 0.519. The van der Waals surface area contributed by atoms with E-state index in [0.717, 1.165) is 25.7 Å². The van der Waals surface area contributed by atoms with Crippen molar-refractivity contribution in [2.24, 2.45) is 0 Å². The molecule has 0 atom stereocenters. The molecule has 0 fully saturated rings. The number of carbonyl (C=O) groups excluding carboxylic acids is 1. The Morgan fingerprint density at radius 1 is 0.750 bits per heavy atom.